The Bertz CT molecular complexity index is 826. The molecule has 3 rings (SSSR count). The zero-order chi connectivity index (χ0) is 18.0. The monoisotopic (exact) mass is 423 g/mol. The first kappa shape index (κ1) is 17.8. The third-order valence-electron chi connectivity index (χ3n) is 3.94. The van der Waals surface area contributed by atoms with Gasteiger partial charge in [-0.05, 0) is 46.3 Å². The molecule has 5 nitrogen and oxygen atoms in total. The number of benzene rings is 2. The van der Waals surface area contributed by atoms with Gasteiger partial charge in [0.1, 0.15) is 11.5 Å². The molecule has 0 N–H and O–H groups in total. The van der Waals surface area contributed by atoms with E-state index in [0.717, 1.165) is 0 Å². The predicted octanol–water partition coefficient (Wildman–Crippen LogP) is 4.07. The number of nitrogens with zero attached hydrogens (tertiary/aromatic N) is 1. The smallest absolute Gasteiger partial charge is 0.316 e. The van der Waals surface area contributed by atoms with E-state index in [1.165, 1.54) is 0 Å². The van der Waals surface area contributed by atoms with Crippen molar-refractivity contribution in [3.8, 4) is 11.5 Å². The zero-order valence-corrected chi connectivity index (χ0v) is 15.7. The molecule has 25 heavy (non-hydrogen) atoms. The minimum atomic E-state index is -0.542. The van der Waals surface area contributed by atoms with Crippen molar-refractivity contribution >= 4 is 45.1 Å². The van der Waals surface area contributed by atoms with Gasteiger partial charge in [-0.2, -0.15) is 0 Å². The van der Waals surface area contributed by atoms with Crippen LogP contribution in [0.15, 0.2) is 46.9 Å². The molecule has 1 saturated heterocycles. The highest BCUT2D eigenvalue weighted by Gasteiger charge is 2.37. The fraction of sp³-hybridized carbons (Fsp3) is 0.222. The molecule has 1 heterocycles. The number of anilines is 1. The number of carbonyl (C=O) groups excluding carboxylic acids is 2. The van der Waals surface area contributed by atoms with Gasteiger partial charge >= 0.3 is 5.97 Å². The number of hydrogen-bond acceptors (Lipinski definition) is 4. The number of methoxy groups -OCH3 is 1. The predicted molar refractivity (Wildman–Crippen MR) is 98.2 cm³/mol. The maximum absolute atomic E-state index is 12.4. The number of rotatable bonds is 4. The van der Waals surface area contributed by atoms with Crippen molar-refractivity contribution in [1.29, 1.82) is 0 Å². The molecule has 1 fully saturated rings. The molecule has 0 radical (unpaired) electrons. The molecule has 0 bridgehead atoms. The number of ether oxygens (including phenoxy) is 2. The summed E-state index contributed by atoms with van der Waals surface area (Å²) in [6, 6.07) is 12.1. The maximum Gasteiger partial charge on any atom is 0.316 e. The first-order chi connectivity index (χ1) is 12.0. The lowest BCUT2D eigenvalue weighted by molar-refractivity contribution is -0.139. The van der Waals surface area contributed by atoms with Crippen molar-refractivity contribution < 1.29 is 19.1 Å². The van der Waals surface area contributed by atoms with Crippen molar-refractivity contribution in [1.82, 2.24) is 0 Å². The number of carbonyl (C=O) groups is 2. The number of para-hydroxylation sites is 2. The van der Waals surface area contributed by atoms with Gasteiger partial charge in [0.05, 0.1) is 23.2 Å². The van der Waals surface area contributed by atoms with E-state index in [4.69, 9.17) is 21.1 Å². The Balaban J connectivity index is 1.74. The molecule has 0 aliphatic carbocycles. The Morgan fingerprint density at radius 1 is 1.24 bits per heavy atom. The average Bonchev–Trinajstić information content (AvgIpc) is 2.99. The molecule has 0 saturated carbocycles. The minimum absolute atomic E-state index is 0.0993. The lowest BCUT2D eigenvalue weighted by Crippen LogP contribution is -2.27. The van der Waals surface area contributed by atoms with E-state index in [0.29, 0.717) is 26.7 Å². The van der Waals surface area contributed by atoms with Gasteiger partial charge in [-0.15, -0.1) is 0 Å². The average molecular weight is 425 g/mol. The zero-order valence-electron chi connectivity index (χ0n) is 13.4. The molecule has 1 aliphatic heterocycles. The molecule has 2 aromatic rings. The molecule has 0 aromatic heterocycles. The highest BCUT2D eigenvalue weighted by molar-refractivity contribution is 9.10. The van der Waals surface area contributed by atoms with Gasteiger partial charge in [-0.1, -0.05) is 23.7 Å². The Kier molecular flexibility index (Phi) is 5.30. The second-order valence-electron chi connectivity index (χ2n) is 5.57. The van der Waals surface area contributed by atoms with Crippen LogP contribution in [0.4, 0.5) is 5.69 Å². The maximum atomic E-state index is 12.4. The Hall–Kier alpha value is -2.05. The van der Waals surface area contributed by atoms with Crippen LogP contribution >= 0.6 is 27.5 Å². The van der Waals surface area contributed by atoms with E-state index in [1.807, 2.05) is 12.1 Å². The van der Waals surface area contributed by atoms with Gasteiger partial charge in [-0.3, -0.25) is 9.59 Å². The van der Waals surface area contributed by atoms with Crippen molar-refractivity contribution in [3.63, 3.8) is 0 Å². The van der Waals surface area contributed by atoms with Crippen LogP contribution in [0.25, 0.3) is 0 Å². The quantitative estimate of drug-likeness (QED) is 0.548. The van der Waals surface area contributed by atoms with Crippen molar-refractivity contribution in [2.45, 2.75) is 6.42 Å². The molecule has 0 spiro atoms. The van der Waals surface area contributed by atoms with Crippen LogP contribution in [0, 0.1) is 5.92 Å². The molecule has 7 heteroatoms. The number of amides is 1. The van der Waals surface area contributed by atoms with E-state index in [1.54, 1.807) is 42.3 Å². The van der Waals surface area contributed by atoms with Gasteiger partial charge in [0.25, 0.3) is 0 Å². The SMILES string of the molecule is COc1ccccc1N1CC(C(=O)Oc2ccc(Cl)cc2Br)CC1=O. The first-order valence-electron chi connectivity index (χ1n) is 7.59. The molecule has 1 aliphatic rings. The van der Waals surface area contributed by atoms with E-state index in [9.17, 15) is 9.59 Å². The summed E-state index contributed by atoms with van der Waals surface area (Å²) in [5, 5.41) is 0.532. The van der Waals surface area contributed by atoms with Gasteiger partial charge in [-0.25, -0.2) is 0 Å². The van der Waals surface area contributed by atoms with Crippen LogP contribution in [0.2, 0.25) is 5.02 Å². The van der Waals surface area contributed by atoms with Gasteiger partial charge < -0.3 is 14.4 Å². The summed E-state index contributed by atoms with van der Waals surface area (Å²) in [5.41, 5.74) is 0.651. The first-order valence-corrected chi connectivity index (χ1v) is 8.77. The van der Waals surface area contributed by atoms with Crippen molar-refractivity contribution in [2.75, 3.05) is 18.6 Å². The highest BCUT2D eigenvalue weighted by Crippen LogP contribution is 2.34. The fourth-order valence-corrected chi connectivity index (χ4v) is 3.46. The number of halogens is 2. The van der Waals surface area contributed by atoms with Crippen molar-refractivity contribution in [2.24, 2.45) is 5.92 Å². The minimum Gasteiger partial charge on any atom is -0.495 e. The summed E-state index contributed by atoms with van der Waals surface area (Å²) in [6.45, 7) is 0.253. The van der Waals surface area contributed by atoms with Crippen LogP contribution in [0.1, 0.15) is 6.42 Å². The lowest BCUT2D eigenvalue weighted by atomic mass is 10.1. The molecule has 2 aromatic carbocycles. The number of esters is 1. The van der Waals surface area contributed by atoms with Crippen LogP contribution in [0.3, 0.4) is 0 Å². The molecular weight excluding hydrogens is 410 g/mol. The second kappa shape index (κ2) is 7.45. The molecule has 1 atom stereocenters. The van der Waals surface area contributed by atoms with Crippen molar-refractivity contribution in [3.05, 3.63) is 52.0 Å². The summed E-state index contributed by atoms with van der Waals surface area (Å²) in [7, 11) is 1.54. The van der Waals surface area contributed by atoms with Crippen LogP contribution in [0.5, 0.6) is 11.5 Å². The fourth-order valence-electron chi connectivity index (χ4n) is 2.70. The third-order valence-corrected chi connectivity index (χ3v) is 4.79. The summed E-state index contributed by atoms with van der Waals surface area (Å²) >= 11 is 9.19. The van der Waals surface area contributed by atoms with E-state index < -0.39 is 11.9 Å². The van der Waals surface area contributed by atoms with Crippen LogP contribution in [-0.2, 0) is 9.59 Å². The molecule has 1 amide bonds. The topological polar surface area (TPSA) is 55.8 Å². The van der Waals surface area contributed by atoms with Crippen LogP contribution in [-0.4, -0.2) is 25.5 Å². The second-order valence-corrected chi connectivity index (χ2v) is 6.86. The third kappa shape index (κ3) is 3.80. The van der Waals surface area contributed by atoms with Gasteiger partial charge in [0.2, 0.25) is 5.91 Å². The normalized spacial score (nSPS) is 16.8. The molecular formula is C18H15BrClNO4. The largest absolute Gasteiger partial charge is 0.495 e. The summed E-state index contributed by atoms with van der Waals surface area (Å²) in [4.78, 5) is 26.4. The molecule has 1 unspecified atom stereocenters. The van der Waals surface area contributed by atoms with Gasteiger partial charge in [0, 0.05) is 18.0 Å². The van der Waals surface area contributed by atoms with Gasteiger partial charge in [0.15, 0.2) is 0 Å². The van der Waals surface area contributed by atoms with E-state index in [-0.39, 0.29) is 18.9 Å². The van der Waals surface area contributed by atoms with Crippen LogP contribution < -0.4 is 14.4 Å². The Morgan fingerprint density at radius 2 is 2.00 bits per heavy atom. The number of hydrogen-bond donors (Lipinski definition) is 0. The highest BCUT2D eigenvalue weighted by atomic mass is 79.9. The molecule has 130 valence electrons. The lowest BCUT2D eigenvalue weighted by Gasteiger charge is -2.19. The Labute approximate surface area is 158 Å². The summed E-state index contributed by atoms with van der Waals surface area (Å²) < 4.78 is 11.3. The summed E-state index contributed by atoms with van der Waals surface area (Å²) in [6.07, 6.45) is 0.0993. The van der Waals surface area contributed by atoms with E-state index in [2.05, 4.69) is 15.9 Å². The van der Waals surface area contributed by atoms with E-state index >= 15 is 0 Å². The standard InChI is InChI=1S/C18H15BrClNO4/c1-24-16-5-3-2-4-14(16)21-10-11(8-17(21)22)18(23)25-15-7-6-12(20)9-13(15)19/h2-7,9,11H,8,10H2,1H3. The Morgan fingerprint density at radius 3 is 2.72 bits per heavy atom. The summed E-state index contributed by atoms with van der Waals surface area (Å²) in [5.74, 6) is -0.168.